The highest BCUT2D eigenvalue weighted by Gasteiger charge is 2.58. The molecule has 4 rings (SSSR count). The Morgan fingerprint density at radius 3 is 2.49 bits per heavy atom. The Morgan fingerprint density at radius 1 is 1.09 bits per heavy atom. The molecule has 0 bridgehead atoms. The molecule has 3 fully saturated rings. The minimum Gasteiger partial charge on any atom is -0.463 e. The van der Waals surface area contributed by atoms with Gasteiger partial charge in [0.25, 0.3) is 12.4 Å². The summed E-state index contributed by atoms with van der Waals surface area (Å²) in [6.07, 6.45) is 3.33. The fraction of sp³-hybridized carbons (Fsp3) is 0.645. The molecule has 1 aromatic rings. The SMILES string of the molecule is CC[C@@]1(C(=O)NOc2ccccc2)NC(=O)[C@@H]2C[C@@H](OC=O)CN2C(=O)[C@@H](NC(=O)OC(C)(C)C)CCCCCC2CC21. The summed E-state index contributed by atoms with van der Waals surface area (Å²) < 4.78 is 10.6. The molecule has 0 radical (unpaired) electrons. The monoisotopic (exact) mass is 600 g/mol. The maximum Gasteiger partial charge on any atom is 0.408 e. The number of nitrogens with one attached hydrogen (secondary N) is 3. The van der Waals surface area contributed by atoms with Crippen LogP contribution in [0.15, 0.2) is 30.3 Å². The van der Waals surface area contributed by atoms with E-state index in [1.54, 1.807) is 45.0 Å². The summed E-state index contributed by atoms with van der Waals surface area (Å²) in [6.45, 7) is 7.32. The lowest BCUT2D eigenvalue weighted by Gasteiger charge is -2.36. The van der Waals surface area contributed by atoms with Crippen molar-refractivity contribution in [2.45, 2.75) is 108 Å². The summed E-state index contributed by atoms with van der Waals surface area (Å²) in [5.74, 6) is -0.865. The molecule has 12 heteroatoms. The van der Waals surface area contributed by atoms with Gasteiger partial charge in [-0.05, 0) is 64.0 Å². The minimum atomic E-state index is -1.27. The number of benzene rings is 1. The topological polar surface area (TPSA) is 152 Å². The molecular formula is C31H44N4O8. The van der Waals surface area contributed by atoms with E-state index in [-0.39, 0.29) is 24.8 Å². The zero-order valence-corrected chi connectivity index (χ0v) is 25.4. The first-order chi connectivity index (χ1) is 20.5. The number of hydrogen-bond acceptors (Lipinski definition) is 8. The first kappa shape index (κ1) is 32.1. The highest BCUT2D eigenvalue weighted by Crippen LogP contribution is 2.51. The lowest BCUT2D eigenvalue weighted by atomic mass is 9.86. The number of carbonyl (C=O) groups is 5. The summed E-state index contributed by atoms with van der Waals surface area (Å²) in [5, 5.41) is 5.72. The van der Waals surface area contributed by atoms with Crippen molar-refractivity contribution in [2.75, 3.05) is 6.54 Å². The van der Waals surface area contributed by atoms with Gasteiger partial charge in [0.15, 0.2) is 5.75 Å². The predicted molar refractivity (Wildman–Crippen MR) is 155 cm³/mol. The second-order valence-corrected chi connectivity index (χ2v) is 12.7. The standard InChI is InChI=1S/C31H44N4O8/c1-5-31(28(39)34-43-21-13-9-7-10-14-21)23-16-20(23)12-8-6-11-15-24(32-29(40)42-30(2,3)4)27(38)35-18-22(41-19-36)17-25(35)26(37)33-31/h7,9-10,13-14,19-20,22-25H,5-6,8,11-12,15-18H2,1-4H3,(H,32,40)(H,33,37)(H,34,39)/t20?,22-,23?,24+,25+,31-/m1/s1. The van der Waals surface area contributed by atoms with Crippen molar-refractivity contribution in [3.8, 4) is 5.75 Å². The Hall–Kier alpha value is -3.83. The van der Waals surface area contributed by atoms with Crippen LogP contribution in [0.3, 0.4) is 0 Å². The molecule has 236 valence electrons. The van der Waals surface area contributed by atoms with Crippen LogP contribution in [-0.2, 0) is 28.7 Å². The number of rotatable bonds is 7. The first-order valence-electron chi connectivity index (χ1n) is 15.2. The molecule has 2 unspecified atom stereocenters. The molecule has 3 aliphatic rings. The maximum atomic E-state index is 14.0. The van der Waals surface area contributed by atoms with Gasteiger partial charge in [0.2, 0.25) is 11.8 Å². The average molecular weight is 601 g/mol. The van der Waals surface area contributed by atoms with E-state index in [4.69, 9.17) is 14.3 Å². The summed E-state index contributed by atoms with van der Waals surface area (Å²) >= 11 is 0. The van der Waals surface area contributed by atoms with Crippen LogP contribution < -0.4 is 21.0 Å². The van der Waals surface area contributed by atoms with Gasteiger partial charge in [-0.3, -0.25) is 19.2 Å². The van der Waals surface area contributed by atoms with Crippen LogP contribution in [0.5, 0.6) is 5.75 Å². The summed E-state index contributed by atoms with van der Waals surface area (Å²) in [6, 6.07) is 6.87. The van der Waals surface area contributed by atoms with Crippen molar-refractivity contribution in [3.63, 3.8) is 0 Å². The van der Waals surface area contributed by atoms with Gasteiger partial charge in [-0.1, -0.05) is 50.8 Å². The average Bonchev–Trinajstić information content (AvgIpc) is 3.61. The van der Waals surface area contributed by atoms with E-state index < -0.39 is 53.1 Å². The molecule has 4 amide bonds. The van der Waals surface area contributed by atoms with Gasteiger partial charge < -0.3 is 29.8 Å². The molecule has 0 spiro atoms. The van der Waals surface area contributed by atoms with E-state index in [0.29, 0.717) is 31.5 Å². The predicted octanol–water partition coefficient (Wildman–Crippen LogP) is 3.00. The van der Waals surface area contributed by atoms with Gasteiger partial charge in [0.05, 0.1) is 6.54 Å². The summed E-state index contributed by atoms with van der Waals surface area (Å²) in [4.78, 5) is 72.5. The van der Waals surface area contributed by atoms with Crippen molar-refractivity contribution in [3.05, 3.63) is 30.3 Å². The molecule has 0 aromatic heterocycles. The van der Waals surface area contributed by atoms with E-state index in [9.17, 15) is 24.0 Å². The maximum absolute atomic E-state index is 14.0. The van der Waals surface area contributed by atoms with Gasteiger partial charge in [-0.25, -0.2) is 4.79 Å². The molecular weight excluding hydrogens is 556 g/mol. The number of nitrogens with zero attached hydrogens (tertiary/aromatic N) is 1. The molecule has 12 nitrogen and oxygen atoms in total. The molecule has 1 aliphatic carbocycles. The van der Waals surface area contributed by atoms with Crippen LogP contribution in [0.1, 0.15) is 79.1 Å². The van der Waals surface area contributed by atoms with E-state index in [1.165, 1.54) is 4.90 Å². The number of fused-ring (bicyclic) bond motifs is 2. The fourth-order valence-electron chi connectivity index (χ4n) is 6.29. The normalized spacial score (nSPS) is 29.6. The smallest absolute Gasteiger partial charge is 0.408 e. The number of ether oxygens (including phenoxy) is 2. The van der Waals surface area contributed by atoms with Crippen molar-refractivity contribution < 1.29 is 38.3 Å². The second kappa shape index (κ2) is 13.6. The Balaban J connectivity index is 1.61. The molecule has 3 N–H and O–H groups in total. The van der Waals surface area contributed by atoms with Crippen LogP contribution in [0, 0.1) is 11.8 Å². The van der Waals surface area contributed by atoms with E-state index >= 15 is 0 Å². The Kier molecular flexibility index (Phi) is 10.2. The number of para-hydroxylation sites is 1. The Labute approximate surface area is 252 Å². The summed E-state index contributed by atoms with van der Waals surface area (Å²) in [7, 11) is 0. The zero-order valence-electron chi connectivity index (χ0n) is 25.4. The number of amides is 4. The van der Waals surface area contributed by atoms with Gasteiger partial charge in [-0.2, -0.15) is 5.48 Å². The van der Waals surface area contributed by atoms with Crippen molar-refractivity contribution in [1.29, 1.82) is 0 Å². The van der Waals surface area contributed by atoms with Crippen LogP contribution in [-0.4, -0.2) is 71.1 Å². The molecule has 1 aromatic carbocycles. The largest absolute Gasteiger partial charge is 0.463 e. The highest BCUT2D eigenvalue weighted by molar-refractivity contribution is 5.96. The number of alkyl carbamates (subject to hydrolysis) is 1. The van der Waals surface area contributed by atoms with Crippen LogP contribution >= 0.6 is 0 Å². The third-order valence-corrected chi connectivity index (χ3v) is 8.52. The van der Waals surface area contributed by atoms with Gasteiger partial charge >= 0.3 is 6.09 Å². The third-order valence-electron chi connectivity index (χ3n) is 8.52. The fourth-order valence-corrected chi connectivity index (χ4v) is 6.29. The molecule has 1 saturated carbocycles. The van der Waals surface area contributed by atoms with E-state index in [1.807, 2.05) is 13.0 Å². The van der Waals surface area contributed by atoms with Crippen molar-refractivity contribution in [2.24, 2.45) is 11.8 Å². The van der Waals surface area contributed by atoms with Crippen molar-refractivity contribution >= 4 is 30.3 Å². The van der Waals surface area contributed by atoms with Crippen LogP contribution in [0.2, 0.25) is 0 Å². The molecule has 2 aliphatic heterocycles. The van der Waals surface area contributed by atoms with Crippen molar-refractivity contribution in [1.82, 2.24) is 21.0 Å². The van der Waals surface area contributed by atoms with Gasteiger partial charge in [-0.15, -0.1) is 0 Å². The highest BCUT2D eigenvalue weighted by atomic mass is 16.7. The Bertz CT molecular complexity index is 1170. The molecule has 43 heavy (non-hydrogen) atoms. The Morgan fingerprint density at radius 2 is 1.81 bits per heavy atom. The molecule has 2 heterocycles. The molecule has 6 atom stereocenters. The second-order valence-electron chi connectivity index (χ2n) is 12.7. The first-order valence-corrected chi connectivity index (χ1v) is 15.2. The van der Waals surface area contributed by atoms with E-state index in [2.05, 4.69) is 16.1 Å². The number of hydrogen-bond donors (Lipinski definition) is 3. The van der Waals surface area contributed by atoms with Gasteiger partial charge in [0, 0.05) is 6.42 Å². The summed E-state index contributed by atoms with van der Waals surface area (Å²) in [5.41, 5.74) is 0.519. The van der Waals surface area contributed by atoms with Crippen LogP contribution in [0.4, 0.5) is 4.79 Å². The van der Waals surface area contributed by atoms with E-state index in [0.717, 1.165) is 25.7 Å². The lowest BCUT2D eigenvalue weighted by Crippen LogP contribution is -2.64. The lowest BCUT2D eigenvalue weighted by molar-refractivity contribution is -0.145. The van der Waals surface area contributed by atoms with Gasteiger partial charge in [0.1, 0.15) is 29.3 Å². The zero-order chi connectivity index (χ0) is 31.2. The third kappa shape index (κ3) is 7.97. The molecule has 2 saturated heterocycles. The quantitative estimate of drug-likeness (QED) is 0.319. The van der Waals surface area contributed by atoms with Crippen LogP contribution in [0.25, 0.3) is 0 Å². The minimum absolute atomic E-state index is 0.0172. The number of hydroxylamine groups is 1. The number of carbonyl (C=O) groups excluding carboxylic acids is 5.